The molecule has 1 rings (SSSR count). The van der Waals surface area contributed by atoms with Crippen LogP contribution in [0.1, 0.15) is 20.3 Å². The van der Waals surface area contributed by atoms with E-state index in [4.69, 9.17) is 16.2 Å². The summed E-state index contributed by atoms with van der Waals surface area (Å²) in [5, 5.41) is 0. The Hall–Kier alpha value is -1.80. The van der Waals surface area contributed by atoms with Crippen LogP contribution in [0.25, 0.3) is 0 Å². The number of hydrogen-bond donors (Lipinski definition) is 3. The van der Waals surface area contributed by atoms with Crippen molar-refractivity contribution >= 4 is 21.6 Å². The number of nitrogens with two attached hydrogens (primary N) is 2. The van der Waals surface area contributed by atoms with Crippen molar-refractivity contribution in [1.82, 2.24) is 4.72 Å². The molecule has 0 aromatic heterocycles. The zero-order valence-corrected chi connectivity index (χ0v) is 12.5. The minimum Gasteiger partial charge on any atom is -0.495 e. The van der Waals surface area contributed by atoms with Crippen LogP contribution in [0.4, 0.5) is 5.69 Å². The van der Waals surface area contributed by atoms with E-state index in [1.807, 2.05) is 0 Å². The van der Waals surface area contributed by atoms with Crippen molar-refractivity contribution in [3.05, 3.63) is 18.2 Å². The molecule has 0 atom stereocenters. The smallest absolute Gasteiger partial charge is 0.241 e. The molecule has 1 aromatic rings. The number of nitrogens with one attached hydrogen (secondary N) is 1. The number of methoxy groups -OCH3 is 1. The highest BCUT2D eigenvalue weighted by Crippen LogP contribution is 2.25. The molecule has 0 saturated carbocycles. The average Bonchev–Trinajstić information content (AvgIpc) is 2.25. The summed E-state index contributed by atoms with van der Waals surface area (Å²) in [7, 11) is -2.37. The molecule has 0 aliphatic heterocycles. The van der Waals surface area contributed by atoms with E-state index < -0.39 is 21.5 Å². The van der Waals surface area contributed by atoms with Crippen LogP contribution in [-0.4, -0.2) is 27.0 Å². The number of ether oxygens (including phenoxy) is 1. The van der Waals surface area contributed by atoms with Crippen molar-refractivity contribution in [2.75, 3.05) is 12.8 Å². The van der Waals surface area contributed by atoms with E-state index in [0.29, 0.717) is 5.75 Å². The number of nitrogen functional groups attached to an aromatic ring is 1. The Morgan fingerprint density at radius 1 is 1.40 bits per heavy atom. The van der Waals surface area contributed by atoms with Gasteiger partial charge >= 0.3 is 0 Å². The van der Waals surface area contributed by atoms with Gasteiger partial charge in [-0.05, 0) is 32.0 Å². The Labute approximate surface area is 118 Å². The molecule has 20 heavy (non-hydrogen) atoms. The van der Waals surface area contributed by atoms with Crippen LogP contribution in [0.5, 0.6) is 5.75 Å². The van der Waals surface area contributed by atoms with Crippen molar-refractivity contribution < 1.29 is 17.9 Å². The third-order valence-corrected chi connectivity index (χ3v) is 4.23. The molecule has 7 nitrogen and oxygen atoms in total. The number of carbonyl (C=O) groups excluding carboxylic acids is 1. The number of benzene rings is 1. The monoisotopic (exact) mass is 301 g/mol. The number of hydrogen-bond acceptors (Lipinski definition) is 5. The Bertz CT molecular complexity index is 611. The first-order chi connectivity index (χ1) is 9.07. The van der Waals surface area contributed by atoms with E-state index in [2.05, 4.69) is 4.72 Å². The molecule has 0 fully saturated rings. The van der Waals surface area contributed by atoms with Gasteiger partial charge in [-0.1, -0.05) is 0 Å². The van der Waals surface area contributed by atoms with Crippen LogP contribution in [0, 0.1) is 0 Å². The highest BCUT2D eigenvalue weighted by Gasteiger charge is 2.28. The zero-order chi connectivity index (χ0) is 15.6. The standard InChI is InChI=1S/C12H19N3O4S/c1-12(2,7-11(14)16)15-20(17,18)8-4-5-10(19-3)9(13)6-8/h4-6,15H,7,13H2,1-3H3,(H2,14,16). The lowest BCUT2D eigenvalue weighted by Crippen LogP contribution is -2.45. The van der Waals surface area contributed by atoms with Gasteiger partial charge in [0.1, 0.15) is 5.75 Å². The van der Waals surface area contributed by atoms with Crippen molar-refractivity contribution in [1.29, 1.82) is 0 Å². The summed E-state index contributed by atoms with van der Waals surface area (Å²) in [4.78, 5) is 10.9. The van der Waals surface area contributed by atoms with Gasteiger partial charge in [0, 0.05) is 12.0 Å². The second kappa shape index (κ2) is 5.68. The lowest BCUT2D eigenvalue weighted by atomic mass is 10.0. The largest absolute Gasteiger partial charge is 0.495 e. The van der Waals surface area contributed by atoms with Crippen LogP contribution >= 0.6 is 0 Å². The van der Waals surface area contributed by atoms with Gasteiger partial charge in [0.2, 0.25) is 15.9 Å². The van der Waals surface area contributed by atoms with E-state index in [1.165, 1.54) is 25.3 Å². The predicted molar refractivity (Wildman–Crippen MR) is 75.6 cm³/mol. The fourth-order valence-electron chi connectivity index (χ4n) is 1.77. The first kappa shape index (κ1) is 16.3. The molecule has 0 spiro atoms. The molecule has 8 heteroatoms. The van der Waals surface area contributed by atoms with Crippen molar-refractivity contribution in [3.63, 3.8) is 0 Å². The molecule has 0 saturated heterocycles. The third-order valence-electron chi connectivity index (χ3n) is 2.54. The van der Waals surface area contributed by atoms with Gasteiger partial charge in [-0.15, -0.1) is 0 Å². The molecule has 0 unspecified atom stereocenters. The Kier molecular flexibility index (Phi) is 4.61. The third kappa shape index (κ3) is 4.10. The number of amides is 1. The number of sulfonamides is 1. The number of carbonyl (C=O) groups is 1. The van der Waals surface area contributed by atoms with Gasteiger partial charge in [0.05, 0.1) is 17.7 Å². The second-order valence-corrected chi connectivity index (χ2v) is 6.72. The van der Waals surface area contributed by atoms with Gasteiger partial charge in [-0.2, -0.15) is 0 Å². The van der Waals surface area contributed by atoms with Crippen molar-refractivity contribution in [3.8, 4) is 5.75 Å². The molecule has 0 heterocycles. The Morgan fingerprint density at radius 3 is 2.45 bits per heavy atom. The topological polar surface area (TPSA) is 125 Å². The van der Waals surface area contributed by atoms with Crippen LogP contribution in [0.2, 0.25) is 0 Å². The summed E-state index contributed by atoms with van der Waals surface area (Å²) < 4.78 is 31.8. The van der Waals surface area contributed by atoms with Gasteiger partial charge in [-0.3, -0.25) is 4.79 Å². The predicted octanol–water partition coefficient (Wildman–Crippen LogP) is 0.210. The number of rotatable bonds is 6. The first-order valence-electron chi connectivity index (χ1n) is 5.83. The summed E-state index contributed by atoms with van der Waals surface area (Å²) in [5.41, 5.74) is 9.99. The summed E-state index contributed by atoms with van der Waals surface area (Å²) in [6.45, 7) is 3.14. The SMILES string of the molecule is COc1ccc(S(=O)(=O)NC(C)(C)CC(N)=O)cc1N. The molecule has 0 aliphatic rings. The van der Waals surface area contributed by atoms with Gasteiger partial charge in [-0.25, -0.2) is 13.1 Å². The van der Waals surface area contributed by atoms with E-state index in [-0.39, 0.29) is 17.0 Å². The maximum absolute atomic E-state index is 12.2. The minimum absolute atomic E-state index is 0.00616. The van der Waals surface area contributed by atoms with Crippen molar-refractivity contribution in [2.45, 2.75) is 30.7 Å². The van der Waals surface area contributed by atoms with E-state index >= 15 is 0 Å². The van der Waals surface area contributed by atoms with Crippen LogP contribution < -0.4 is 20.9 Å². The van der Waals surface area contributed by atoms with Gasteiger partial charge in [0.15, 0.2) is 0 Å². The van der Waals surface area contributed by atoms with Crippen molar-refractivity contribution in [2.24, 2.45) is 5.73 Å². The van der Waals surface area contributed by atoms with Crippen LogP contribution in [0.3, 0.4) is 0 Å². The number of anilines is 1. The quantitative estimate of drug-likeness (QED) is 0.648. The van der Waals surface area contributed by atoms with Crippen LogP contribution in [-0.2, 0) is 14.8 Å². The molecule has 1 amide bonds. The van der Waals surface area contributed by atoms with Gasteiger partial charge < -0.3 is 16.2 Å². The summed E-state index contributed by atoms with van der Waals surface area (Å²) in [5.74, 6) is -0.202. The Balaban J connectivity index is 3.05. The molecule has 0 aliphatic carbocycles. The Morgan fingerprint density at radius 2 is 2.00 bits per heavy atom. The fraction of sp³-hybridized carbons (Fsp3) is 0.417. The van der Waals surface area contributed by atoms with E-state index in [9.17, 15) is 13.2 Å². The lowest BCUT2D eigenvalue weighted by Gasteiger charge is -2.24. The summed E-state index contributed by atoms with van der Waals surface area (Å²) in [6.07, 6.45) is -0.113. The molecular formula is C12H19N3O4S. The highest BCUT2D eigenvalue weighted by atomic mass is 32.2. The molecule has 0 bridgehead atoms. The average molecular weight is 301 g/mol. The maximum atomic E-state index is 12.2. The fourth-order valence-corrected chi connectivity index (χ4v) is 3.22. The molecular weight excluding hydrogens is 282 g/mol. The molecule has 1 aromatic carbocycles. The molecule has 112 valence electrons. The van der Waals surface area contributed by atoms with E-state index in [0.717, 1.165) is 0 Å². The van der Waals surface area contributed by atoms with Crippen LogP contribution in [0.15, 0.2) is 23.1 Å². The zero-order valence-electron chi connectivity index (χ0n) is 11.6. The second-order valence-electron chi connectivity index (χ2n) is 5.04. The summed E-state index contributed by atoms with van der Waals surface area (Å²) in [6, 6.07) is 4.13. The number of primary amides is 1. The van der Waals surface area contributed by atoms with E-state index in [1.54, 1.807) is 13.8 Å². The first-order valence-corrected chi connectivity index (χ1v) is 7.31. The molecule has 0 radical (unpaired) electrons. The molecule has 5 N–H and O–H groups in total. The summed E-state index contributed by atoms with van der Waals surface area (Å²) >= 11 is 0. The lowest BCUT2D eigenvalue weighted by molar-refractivity contribution is -0.119. The van der Waals surface area contributed by atoms with Gasteiger partial charge in [0.25, 0.3) is 0 Å². The normalized spacial score (nSPS) is 12.2. The highest BCUT2D eigenvalue weighted by molar-refractivity contribution is 7.89. The minimum atomic E-state index is -3.80. The maximum Gasteiger partial charge on any atom is 0.241 e.